The van der Waals surface area contributed by atoms with E-state index < -0.39 is 5.92 Å². The lowest BCUT2D eigenvalue weighted by Crippen LogP contribution is -2.62. The Morgan fingerprint density at radius 3 is 2.54 bits per heavy atom. The van der Waals surface area contributed by atoms with Crippen LogP contribution in [0.4, 0.5) is 14.5 Å². The predicted octanol–water partition coefficient (Wildman–Crippen LogP) is 4.01. The Hall–Kier alpha value is -1.68. The maximum atomic E-state index is 14.7. The van der Waals surface area contributed by atoms with Gasteiger partial charge in [-0.15, -0.1) is 0 Å². The normalized spacial score (nSPS) is 28.6. The van der Waals surface area contributed by atoms with Crippen LogP contribution in [0.25, 0.3) is 0 Å². The highest BCUT2D eigenvalue weighted by molar-refractivity contribution is 5.97. The van der Waals surface area contributed by atoms with Gasteiger partial charge in [-0.05, 0) is 26.8 Å². The third-order valence-corrected chi connectivity index (χ3v) is 7.67. The van der Waals surface area contributed by atoms with E-state index in [1.807, 2.05) is 13.8 Å². The Kier molecular flexibility index (Phi) is 9.36. The summed E-state index contributed by atoms with van der Waals surface area (Å²) in [6.07, 6.45) is 1.82. The number of aromatic nitrogens is 1. The molecule has 4 atom stereocenters. The van der Waals surface area contributed by atoms with Gasteiger partial charge >= 0.3 is 0 Å². The SMILES string of the molecule is C.CCCC(F)(F)c1cnc2c(c1)N(C(=O)CN1C[C@@H](C)NC[C@@H]1CN1C[C@@H](C)O[C@@H](C)C1)CC2(C)C. The van der Waals surface area contributed by atoms with E-state index in [2.05, 4.69) is 40.9 Å². The summed E-state index contributed by atoms with van der Waals surface area (Å²) >= 11 is 0. The van der Waals surface area contributed by atoms with Gasteiger partial charge in [0.15, 0.2) is 0 Å². The summed E-state index contributed by atoms with van der Waals surface area (Å²) in [5.74, 6) is -3.01. The average molecular weight is 524 g/mol. The van der Waals surface area contributed by atoms with Crippen LogP contribution in [0.3, 0.4) is 0 Å². The lowest BCUT2D eigenvalue weighted by Gasteiger charge is -2.44. The van der Waals surface area contributed by atoms with Crippen LogP contribution in [0, 0.1) is 0 Å². The number of nitrogens with one attached hydrogen (secondary N) is 1. The first kappa shape index (κ1) is 29.9. The molecule has 0 aliphatic carbocycles. The quantitative estimate of drug-likeness (QED) is 0.583. The number of carbonyl (C=O) groups excluding carboxylic acids is 1. The molecular weight excluding hydrogens is 476 g/mol. The fraction of sp³-hybridized carbons (Fsp3) is 0.786. The molecule has 1 amide bonds. The Bertz CT molecular complexity index is 933. The number of fused-ring (bicyclic) bond motifs is 1. The summed E-state index contributed by atoms with van der Waals surface area (Å²) in [4.78, 5) is 24.5. The molecule has 2 saturated heterocycles. The van der Waals surface area contributed by atoms with Crippen LogP contribution in [0.15, 0.2) is 12.3 Å². The van der Waals surface area contributed by atoms with Gasteiger partial charge in [0, 0.05) is 74.9 Å². The summed E-state index contributed by atoms with van der Waals surface area (Å²) < 4.78 is 35.3. The second kappa shape index (κ2) is 11.6. The van der Waals surface area contributed by atoms with Gasteiger partial charge in [0.2, 0.25) is 5.91 Å². The van der Waals surface area contributed by atoms with Gasteiger partial charge in [-0.3, -0.25) is 19.6 Å². The van der Waals surface area contributed by atoms with E-state index in [0.29, 0.717) is 24.3 Å². The minimum atomic E-state index is -2.95. The average Bonchev–Trinajstić information content (AvgIpc) is 3.05. The first-order valence-corrected chi connectivity index (χ1v) is 13.4. The van der Waals surface area contributed by atoms with E-state index in [0.717, 1.165) is 32.7 Å². The third-order valence-electron chi connectivity index (χ3n) is 7.67. The van der Waals surface area contributed by atoms with Crippen LogP contribution >= 0.6 is 0 Å². The monoisotopic (exact) mass is 523 g/mol. The number of pyridine rings is 1. The highest BCUT2D eigenvalue weighted by atomic mass is 19.3. The van der Waals surface area contributed by atoms with Crippen molar-refractivity contribution in [2.75, 3.05) is 50.7 Å². The summed E-state index contributed by atoms with van der Waals surface area (Å²) in [5.41, 5.74) is 0.755. The zero-order chi connectivity index (χ0) is 26.3. The van der Waals surface area contributed by atoms with Crippen molar-refractivity contribution >= 4 is 11.6 Å². The first-order chi connectivity index (χ1) is 16.9. The summed E-state index contributed by atoms with van der Waals surface area (Å²) in [6, 6.07) is 1.97. The molecule has 1 N–H and O–H groups in total. The summed E-state index contributed by atoms with van der Waals surface area (Å²) in [5, 5.41) is 3.56. The molecule has 7 nitrogen and oxygen atoms in total. The molecule has 0 unspecified atom stereocenters. The number of anilines is 1. The Labute approximate surface area is 221 Å². The van der Waals surface area contributed by atoms with E-state index in [1.54, 1.807) is 11.8 Å². The number of hydrogen-bond acceptors (Lipinski definition) is 6. The molecule has 210 valence electrons. The zero-order valence-corrected chi connectivity index (χ0v) is 22.7. The fourth-order valence-electron chi connectivity index (χ4n) is 6.01. The Morgan fingerprint density at radius 1 is 1.22 bits per heavy atom. The molecule has 9 heteroatoms. The zero-order valence-electron chi connectivity index (χ0n) is 22.7. The van der Waals surface area contributed by atoms with Crippen LogP contribution in [0.5, 0.6) is 0 Å². The summed E-state index contributed by atoms with van der Waals surface area (Å²) in [7, 11) is 0. The highest BCUT2D eigenvalue weighted by Gasteiger charge is 2.42. The topological polar surface area (TPSA) is 60.9 Å². The van der Waals surface area contributed by atoms with Gasteiger partial charge in [0.05, 0.1) is 30.1 Å². The Balaban J connectivity index is 0.00000380. The Morgan fingerprint density at radius 2 is 1.89 bits per heavy atom. The number of rotatable bonds is 7. The molecule has 1 aromatic heterocycles. The molecule has 3 aliphatic heterocycles. The van der Waals surface area contributed by atoms with Crippen molar-refractivity contribution in [3.8, 4) is 0 Å². The van der Waals surface area contributed by atoms with E-state index in [9.17, 15) is 13.6 Å². The first-order valence-electron chi connectivity index (χ1n) is 13.4. The fourth-order valence-corrected chi connectivity index (χ4v) is 6.01. The highest BCUT2D eigenvalue weighted by Crippen LogP contribution is 2.42. The second-order valence-electron chi connectivity index (χ2n) is 11.8. The smallest absolute Gasteiger partial charge is 0.274 e. The number of ether oxygens (including phenoxy) is 1. The van der Waals surface area contributed by atoms with Gasteiger partial charge in [-0.2, -0.15) is 0 Å². The molecule has 0 bridgehead atoms. The molecule has 4 heterocycles. The van der Waals surface area contributed by atoms with E-state index in [-0.39, 0.29) is 61.6 Å². The number of piperazine rings is 1. The number of morpholine rings is 1. The number of carbonyl (C=O) groups is 1. The second-order valence-corrected chi connectivity index (χ2v) is 11.8. The minimum absolute atomic E-state index is 0. The van der Waals surface area contributed by atoms with Gasteiger partial charge in [0.1, 0.15) is 0 Å². The molecule has 37 heavy (non-hydrogen) atoms. The van der Waals surface area contributed by atoms with Gasteiger partial charge < -0.3 is 15.0 Å². The standard InChI is InChI=1S/C27H43F2N5O2.CH4/c1-7-8-27(28,29)21-9-23-25(31-10-21)26(5,6)17-34(23)24(35)16-33-12-18(2)30-11-22(33)15-32-13-19(3)36-20(4)14-32;/h9-10,18-20,22,30H,7-8,11-17H2,1-6H3;1H4/t18-,19-,20+,22-;/m1./s1. The molecule has 1 aromatic rings. The lowest BCUT2D eigenvalue weighted by atomic mass is 9.91. The molecular formula is C28H47F2N5O2. The van der Waals surface area contributed by atoms with Crippen molar-refractivity contribution in [1.29, 1.82) is 0 Å². The lowest BCUT2D eigenvalue weighted by molar-refractivity contribution is -0.121. The minimum Gasteiger partial charge on any atom is -0.373 e. The molecule has 0 spiro atoms. The van der Waals surface area contributed by atoms with Crippen molar-refractivity contribution in [3.63, 3.8) is 0 Å². The van der Waals surface area contributed by atoms with Gasteiger partial charge in [-0.1, -0.05) is 34.6 Å². The largest absolute Gasteiger partial charge is 0.373 e. The van der Waals surface area contributed by atoms with Crippen LogP contribution < -0.4 is 10.2 Å². The summed E-state index contributed by atoms with van der Waals surface area (Å²) in [6.45, 7) is 17.0. The molecule has 0 saturated carbocycles. The maximum absolute atomic E-state index is 14.7. The van der Waals surface area contributed by atoms with Crippen LogP contribution in [-0.4, -0.2) is 90.8 Å². The number of alkyl halides is 2. The molecule has 2 fully saturated rings. The van der Waals surface area contributed by atoms with E-state index in [1.165, 1.54) is 12.3 Å². The maximum Gasteiger partial charge on any atom is 0.274 e. The van der Waals surface area contributed by atoms with Crippen LogP contribution in [0.2, 0.25) is 0 Å². The third kappa shape index (κ3) is 6.67. The molecule has 0 aromatic carbocycles. The number of hydrogen-bond donors (Lipinski definition) is 1. The van der Waals surface area contributed by atoms with Crippen molar-refractivity contribution in [3.05, 3.63) is 23.5 Å². The van der Waals surface area contributed by atoms with Crippen molar-refractivity contribution in [2.45, 2.75) is 97.4 Å². The molecule has 0 radical (unpaired) electrons. The molecule has 4 rings (SSSR count). The number of halogens is 2. The number of amides is 1. The van der Waals surface area contributed by atoms with Crippen LogP contribution in [0.1, 0.15) is 73.1 Å². The van der Waals surface area contributed by atoms with Crippen LogP contribution in [-0.2, 0) is 20.9 Å². The van der Waals surface area contributed by atoms with Crippen molar-refractivity contribution in [2.24, 2.45) is 0 Å². The van der Waals surface area contributed by atoms with E-state index in [4.69, 9.17) is 4.74 Å². The molecule has 3 aliphatic rings. The van der Waals surface area contributed by atoms with Gasteiger partial charge in [-0.25, -0.2) is 8.78 Å². The van der Waals surface area contributed by atoms with Gasteiger partial charge in [0.25, 0.3) is 5.92 Å². The number of nitrogens with zero attached hydrogens (tertiary/aromatic N) is 4. The van der Waals surface area contributed by atoms with E-state index >= 15 is 0 Å². The van der Waals surface area contributed by atoms with Crippen molar-refractivity contribution in [1.82, 2.24) is 20.1 Å². The van der Waals surface area contributed by atoms with Crippen molar-refractivity contribution < 1.29 is 18.3 Å². The predicted molar refractivity (Wildman–Crippen MR) is 144 cm³/mol.